The molecule has 0 saturated carbocycles. The van der Waals surface area contributed by atoms with Gasteiger partial charge in [0.15, 0.2) is 0 Å². The zero-order valence-electron chi connectivity index (χ0n) is 7.46. The van der Waals surface area contributed by atoms with Crippen molar-refractivity contribution in [2.75, 3.05) is 0 Å². The van der Waals surface area contributed by atoms with Crippen molar-refractivity contribution in [3.63, 3.8) is 0 Å². The molecule has 0 spiro atoms. The van der Waals surface area contributed by atoms with Gasteiger partial charge < -0.3 is 5.73 Å². The SMILES string of the molecule is CC1CC[C@@H](N)c2ccccc21. The second-order valence-corrected chi connectivity index (χ2v) is 3.71. The first-order chi connectivity index (χ1) is 5.79. The Morgan fingerprint density at radius 1 is 1.17 bits per heavy atom. The van der Waals surface area contributed by atoms with Crippen LogP contribution in [-0.2, 0) is 0 Å². The van der Waals surface area contributed by atoms with Crippen molar-refractivity contribution in [2.45, 2.75) is 31.7 Å². The molecule has 1 aromatic carbocycles. The minimum absolute atomic E-state index is 0.275. The summed E-state index contributed by atoms with van der Waals surface area (Å²) in [5.74, 6) is 0.695. The van der Waals surface area contributed by atoms with Crippen LogP contribution in [0.5, 0.6) is 0 Å². The van der Waals surface area contributed by atoms with Gasteiger partial charge in [0.2, 0.25) is 0 Å². The van der Waals surface area contributed by atoms with Crippen LogP contribution in [0.1, 0.15) is 42.9 Å². The molecule has 0 bridgehead atoms. The average Bonchev–Trinajstić information content (AvgIpc) is 2.12. The Bertz CT molecular complexity index is 251. The number of nitrogens with two attached hydrogens (primary N) is 1. The maximum Gasteiger partial charge on any atom is 0.0297 e. The molecule has 1 aliphatic rings. The molecule has 1 unspecified atom stereocenters. The molecule has 0 saturated heterocycles. The quantitative estimate of drug-likeness (QED) is 0.621. The molecule has 0 aromatic heterocycles. The lowest BCUT2D eigenvalue weighted by atomic mass is 9.81. The fraction of sp³-hybridized carbons (Fsp3) is 0.455. The van der Waals surface area contributed by atoms with Crippen LogP contribution in [0.25, 0.3) is 0 Å². The number of hydrogen-bond donors (Lipinski definition) is 1. The van der Waals surface area contributed by atoms with Crippen LogP contribution >= 0.6 is 0 Å². The van der Waals surface area contributed by atoms with Crippen LogP contribution in [-0.4, -0.2) is 0 Å². The van der Waals surface area contributed by atoms with E-state index in [4.69, 9.17) is 5.73 Å². The molecule has 1 aliphatic carbocycles. The van der Waals surface area contributed by atoms with Crippen LogP contribution in [0, 0.1) is 0 Å². The maximum absolute atomic E-state index is 6.01. The molecule has 1 aromatic rings. The monoisotopic (exact) mass is 161 g/mol. The van der Waals surface area contributed by atoms with E-state index in [0.717, 1.165) is 6.42 Å². The van der Waals surface area contributed by atoms with Gasteiger partial charge in [0, 0.05) is 6.04 Å². The topological polar surface area (TPSA) is 26.0 Å². The summed E-state index contributed by atoms with van der Waals surface area (Å²) in [6.45, 7) is 2.28. The summed E-state index contributed by atoms with van der Waals surface area (Å²) in [5.41, 5.74) is 8.82. The Morgan fingerprint density at radius 2 is 1.83 bits per heavy atom. The zero-order valence-corrected chi connectivity index (χ0v) is 7.46. The van der Waals surface area contributed by atoms with Gasteiger partial charge in [-0.3, -0.25) is 0 Å². The molecular weight excluding hydrogens is 146 g/mol. The lowest BCUT2D eigenvalue weighted by molar-refractivity contribution is 0.513. The zero-order chi connectivity index (χ0) is 8.55. The molecule has 0 fully saturated rings. The van der Waals surface area contributed by atoms with Crippen LogP contribution in [0.2, 0.25) is 0 Å². The summed E-state index contributed by atoms with van der Waals surface area (Å²) in [7, 11) is 0. The van der Waals surface area contributed by atoms with Crippen LogP contribution in [0.3, 0.4) is 0 Å². The van der Waals surface area contributed by atoms with Crippen molar-refractivity contribution >= 4 is 0 Å². The van der Waals surface area contributed by atoms with Crippen LogP contribution < -0.4 is 5.73 Å². The third-order valence-corrected chi connectivity index (χ3v) is 2.84. The van der Waals surface area contributed by atoms with Crippen LogP contribution in [0.15, 0.2) is 24.3 Å². The highest BCUT2D eigenvalue weighted by Crippen LogP contribution is 2.35. The third kappa shape index (κ3) is 1.14. The second kappa shape index (κ2) is 2.91. The highest BCUT2D eigenvalue weighted by Gasteiger charge is 2.20. The van der Waals surface area contributed by atoms with Gasteiger partial charge in [0.1, 0.15) is 0 Å². The highest BCUT2D eigenvalue weighted by atomic mass is 14.6. The van der Waals surface area contributed by atoms with Gasteiger partial charge in [0.05, 0.1) is 0 Å². The van der Waals surface area contributed by atoms with Gasteiger partial charge in [-0.25, -0.2) is 0 Å². The molecule has 0 radical (unpaired) electrons. The van der Waals surface area contributed by atoms with E-state index in [1.54, 1.807) is 0 Å². The number of hydrogen-bond acceptors (Lipinski definition) is 1. The van der Waals surface area contributed by atoms with Gasteiger partial charge in [0.25, 0.3) is 0 Å². The molecule has 2 rings (SSSR count). The molecule has 1 heteroatoms. The molecule has 2 atom stereocenters. The molecule has 1 nitrogen and oxygen atoms in total. The second-order valence-electron chi connectivity index (χ2n) is 3.71. The van der Waals surface area contributed by atoms with Gasteiger partial charge in [-0.1, -0.05) is 31.2 Å². The van der Waals surface area contributed by atoms with Crippen molar-refractivity contribution in [1.82, 2.24) is 0 Å². The van der Waals surface area contributed by atoms with Crippen molar-refractivity contribution < 1.29 is 0 Å². The average molecular weight is 161 g/mol. The first kappa shape index (κ1) is 7.81. The number of benzene rings is 1. The van der Waals surface area contributed by atoms with Crippen molar-refractivity contribution in [2.24, 2.45) is 5.73 Å². The van der Waals surface area contributed by atoms with Crippen molar-refractivity contribution in [1.29, 1.82) is 0 Å². The first-order valence-electron chi connectivity index (χ1n) is 4.63. The predicted molar refractivity (Wildman–Crippen MR) is 51.0 cm³/mol. The third-order valence-electron chi connectivity index (χ3n) is 2.84. The standard InChI is InChI=1S/C11H15N/c1-8-6-7-11(12)10-5-3-2-4-9(8)10/h2-5,8,11H,6-7,12H2,1H3/t8?,11-/m1/s1. The van der Waals surface area contributed by atoms with E-state index in [1.165, 1.54) is 17.5 Å². The Kier molecular flexibility index (Phi) is 1.89. The molecule has 12 heavy (non-hydrogen) atoms. The number of fused-ring (bicyclic) bond motifs is 1. The largest absolute Gasteiger partial charge is 0.324 e. The summed E-state index contributed by atoms with van der Waals surface area (Å²) >= 11 is 0. The van der Waals surface area contributed by atoms with Gasteiger partial charge in [-0.05, 0) is 29.9 Å². The van der Waals surface area contributed by atoms with E-state index in [9.17, 15) is 0 Å². The Balaban J connectivity index is 2.47. The van der Waals surface area contributed by atoms with E-state index in [1.807, 2.05) is 0 Å². The molecule has 2 N–H and O–H groups in total. The summed E-state index contributed by atoms with van der Waals surface area (Å²) in [6, 6.07) is 8.83. The first-order valence-corrected chi connectivity index (χ1v) is 4.63. The minimum Gasteiger partial charge on any atom is -0.324 e. The van der Waals surface area contributed by atoms with Crippen LogP contribution in [0.4, 0.5) is 0 Å². The minimum atomic E-state index is 0.275. The molecule has 64 valence electrons. The highest BCUT2D eigenvalue weighted by molar-refractivity contribution is 5.34. The van der Waals surface area contributed by atoms with Gasteiger partial charge in [-0.15, -0.1) is 0 Å². The smallest absolute Gasteiger partial charge is 0.0297 e. The number of rotatable bonds is 0. The van der Waals surface area contributed by atoms with Gasteiger partial charge >= 0.3 is 0 Å². The van der Waals surface area contributed by atoms with Crippen molar-refractivity contribution in [3.05, 3.63) is 35.4 Å². The maximum atomic E-state index is 6.01. The fourth-order valence-corrected chi connectivity index (χ4v) is 2.04. The molecule has 0 aliphatic heterocycles. The normalized spacial score (nSPS) is 28.2. The fourth-order valence-electron chi connectivity index (χ4n) is 2.04. The summed E-state index contributed by atoms with van der Waals surface area (Å²) in [6.07, 6.45) is 2.37. The lowest BCUT2D eigenvalue weighted by Crippen LogP contribution is -2.18. The van der Waals surface area contributed by atoms with E-state index in [0.29, 0.717) is 5.92 Å². The molecule has 0 heterocycles. The molecular formula is C11H15N. The van der Waals surface area contributed by atoms with E-state index in [2.05, 4.69) is 31.2 Å². The lowest BCUT2D eigenvalue weighted by Gasteiger charge is -2.26. The summed E-state index contributed by atoms with van der Waals surface area (Å²) in [4.78, 5) is 0. The van der Waals surface area contributed by atoms with E-state index >= 15 is 0 Å². The van der Waals surface area contributed by atoms with Gasteiger partial charge in [-0.2, -0.15) is 0 Å². The Labute approximate surface area is 73.6 Å². The van der Waals surface area contributed by atoms with E-state index < -0.39 is 0 Å². The summed E-state index contributed by atoms with van der Waals surface area (Å²) in [5, 5.41) is 0. The molecule has 0 amide bonds. The Morgan fingerprint density at radius 3 is 2.50 bits per heavy atom. The summed E-state index contributed by atoms with van der Waals surface area (Å²) < 4.78 is 0. The predicted octanol–water partition coefficient (Wildman–Crippen LogP) is 2.58. The van der Waals surface area contributed by atoms with Crippen molar-refractivity contribution in [3.8, 4) is 0 Å². The van der Waals surface area contributed by atoms with E-state index in [-0.39, 0.29) is 6.04 Å². The Hall–Kier alpha value is -0.820.